The number of esters is 2. The van der Waals surface area contributed by atoms with E-state index in [2.05, 4.69) is 18.4 Å². The zero-order valence-corrected chi connectivity index (χ0v) is 21.1. The predicted molar refractivity (Wildman–Crippen MR) is 130 cm³/mol. The van der Waals surface area contributed by atoms with E-state index >= 15 is 0 Å². The number of ether oxygens (including phenoxy) is 2. The highest BCUT2D eigenvalue weighted by atomic mass is 16.6. The van der Waals surface area contributed by atoms with Crippen molar-refractivity contribution < 1.29 is 28.7 Å². The molecule has 37 heavy (non-hydrogen) atoms. The molecule has 0 radical (unpaired) electrons. The number of hydrogen-bond donors (Lipinski definition) is 0. The Bertz CT molecular complexity index is 1320. The van der Waals surface area contributed by atoms with E-state index in [0.29, 0.717) is 29.9 Å². The van der Waals surface area contributed by atoms with Crippen LogP contribution in [0.25, 0.3) is 0 Å². The minimum atomic E-state index is -0.728. The Kier molecular flexibility index (Phi) is 3.96. The summed E-state index contributed by atoms with van der Waals surface area (Å²) in [6.45, 7) is 9.70. The molecule has 192 valence electrons. The number of carbonyl (C=O) groups excluding carboxylic acids is 4. The lowest BCUT2D eigenvalue weighted by Gasteiger charge is -2.73. The van der Waals surface area contributed by atoms with Crippen LogP contribution in [0.5, 0.6) is 0 Å². The smallest absolute Gasteiger partial charge is 0.338 e. The summed E-state index contributed by atoms with van der Waals surface area (Å²) >= 11 is 0. The fourth-order valence-electron chi connectivity index (χ4n) is 11.7. The van der Waals surface area contributed by atoms with Crippen LogP contribution in [-0.4, -0.2) is 59.7 Å². The van der Waals surface area contributed by atoms with Gasteiger partial charge in [-0.25, -0.2) is 4.79 Å². The van der Waals surface area contributed by atoms with Gasteiger partial charge in [0.15, 0.2) is 0 Å². The lowest BCUT2D eigenvalue weighted by Crippen LogP contribution is -2.77. The molecule has 12 atom stereocenters. The van der Waals surface area contributed by atoms with Crippen molar-refractivity contribution in [2.75, 3.05) is 13.1 Å². The molecule has 1 aromatic rings. The van der Waals surface area contributed by atoms with Crippen LogP contribution in [0.4, 0.5) is 0 Å². The maximum absolute atomic E-state index is 14.4. The molecule has 9 aliphatic rings. The predicted octanol–water partition coefficient (Wildman–Crippen LogP) is 2.83. The van der Waals surface area contributed by atoms with Crippen LogP contribution >= 0.6 is 0 Å². The minimum absolute atomic E-state index is 0.0605. The maximum atomic E-state index is 14.4. The summed E-state index contributed by atoms with van der Waals surface area (Å²) in [5.41, 5.74) is -0.314. The molecule has 10 rings (SSSR count). The summed E-state index contributed by atoms with van der Waals surface area (Å²) in [7, 11) is 0. The van der Waals surface area contributed by atoms with Gasteiger partial charge in [0.1, 0.15) is 23.8 Å². The average Bonchev–Trinajstić information content (AvgIpc) is 2.88. The van der Waals surface area contributed by atoms with E-state index in [1.165, 1.54) is 6.92 Å². The van der Waals surface area contributed by atoms with E-state index in [0.717, 1.165) is 19.5 Å². The number of ketones is 2. The number of rotatable bonds is 3. The van der Waals surface area contributed by atoms with Gasteiger partial charge in [0.2, 0.25) is 0 Å². The molecule has 4 unspecified atom stereocenters. The summed E-state index contributed by atoms with van der Waals surface area (Å²) in [6.07, 6.45) is 0.404. The van der Waals surface area contributed by atoms with Crippen LogP contribution < -0.4 is 0 Å². The van der Waals surface area contributed by atoms with E-state index in [9.17, 15) is 19.2 Å². The summed E-state index contributed by atoms with van der Waals surface area (Å²) < 4.78 is 12.4. The van der Waals surface area contributed by atoms with Gasteiger partial charge in [-0.1, -0.05) is 31.7 Å². The summed E-state index contributed by atoms with van der Waals surface area (Å²) in [5, 5.41) is 0. The van der Waals surface area contributed by atoms with E-state index in [1.54, 1.807) is 24.3 Å². The van der Waals surface area contributed by atoms with Crippen LogP contribution in [0.15, 0.2) is 42.5 Å². The molecular weight excluding hydrogens is 470 g/mol. The second-order valence-corrected chi connectivity index (χ2v) is 13.2. The molecule has 7 nitrogen and oxygen atoms in total. The van der Waals surface area contributed by atoms with Crippen molar-refractivity contribution in [3.8, 4) is 0 Å². The first-order chi connectivity index (χ1) is 17.6. The van der Waals surface area contributed by atoms with Gasteiger partial charge in [-0.3, -0.25) is 19.3 Å². The van der Waals surface area contributed by atoms with Gasteiger partial charge in [0, 0.05) is 61.6 Å². The number of benzene rings is 1. The van der Waals surface area contributed by atoms with Crippen molar-refractivity contribution in [2.45, 2.75) is 51.4 Å². The van der Waals surface area contributed by atoms with Crippen molar-refractivity contribution in [3.05, 3.63) is 48.0 Å². The van der Waals surface area contributed by atoms with E-state index in [1.807, 2.05) is 6.07 Å². The number of fused-ring (bicyclic) bond motifs is 1. The highest BCUT2D eigenvalue weighted by molar-refractivity contribution is 5.95. The Morgan fingerprint density at radius 1 is 1.05 bits per heavy atom. The minimum Gasteiger partial charge on any atom is -0.457 e. The molecule has 0 aromatic heterocycles. The zero-order chi connectivity index (χ0) is 25.6. The van der Waals surface area contributed by atoms with Gasteiger partial charge in [-0.05, 0) is 41.4 Å². The van der Waals surface area contributed by atoms with Crippen molar-refractivity contribution in [2.24, 2.45) is 45.8 Å². The fourth-order valence-corrected chi connectivity index (χ4v) is 11.7. The van der Waals surface area contributed by atoms with Gasteiger partial charge < -0.3 is 9.47 Å². The third-order valence-corrected chi connectivity index (χ3v) is 11.6. The summed E-state index contributed by atoms with van der Waals surface area (Å²) in [6, 6.07) is 8.77. The molecular formula is C30H31NO6. The Morgan fingerprint density at radius 2 is 1.81 bits per heavy atom. The standard InChI is InChI=1S/C30H31NO6/c1-14-19-21(34)20-25-30-11-18(33)10-28(3)13-31(25)12-17(23(28)30)9-29(20,26(14)36-15(2)32)24(30)22(19)37-27(35)16-7-5-4-6-8-16/h4-8,17,19-20,22-26H,1,9-13H2,2-3H3/t17-,19+,20+,22-,23?,24?,25?,26-,28+,29+,30+/m1/s1. The molecule has 3 saturated heterocycles. The highest BCUT2D eigenvalue weighted by Crippen LogP contribution is 2.85. The van der Waals surface area contributed by atoms with Gasteiger partial charge >= 0.3 is 11.9 Å². The molecule has 6 aliphatic carbocycles. The Balaban J connectivity index is 1.36. The van der Waals surface area contributed by atoms with Gasteiger partial charge in [0.05, 0.1) is 11.5 Å². The first-order valence-electron chi connectivity index (χ1n) is 13.5. The molecule has 9 fully saturated rings. The molecule has 7 heteroatoms. The third kappa shape index (κ3) is 2.27. The van der Waals surface area contributed by atoms with Crippen molar-refractivity contribution >= 4 is 23.5 Å². The SMILES string of the molecule is C=C1[C@H]2C(=O)[C@H]3C4N5C[C@H]6C[C@]3(C([C@@H]2OC(=O)c2ccccc2)[C@@]42CC(=O)C[C@@](C)(C5)C62)[C@@H]1OC(C)=O. The lowest BCUT2D eigenvalue weighted by molar-refractivity contribution is -0.267. The molecule has 3 aliphatic heterocycles. The molecule has 1 aromatic carbocycles. The van der Waals surface area contributed by atoms with E-state index in [-0.39, 0.29) is 40.8 Å². The maximum Gasteiger partial charge on any atom is 0.338 e. The normalized spacial score (nSPS) is 51.4. The van der Waals surface area contributed by atoms with Crippen LogP contribution in [0, 0.1) is 45.8 Å². The van der Waals surface area contributed by atoms with Crippen molar-refractivity contribution in [1.29, 1.82) is 0 Å². The first kappa shape index (κ1) is 22.2. The second kappa shape index (κ2) is 6.60. The Hall–Kier alpha value is -2.80. The Morgan fingerprint density at radius 3 is 2.54 bits per heavy atom. The third-order valence-electron chi connectivity index (χ3n) is 11.6. The topological polar surface area (TPSA) is 90.0 Å². The monoisotopic (exact) mass is 501 g/mol. The van der Waals surface area contributed by atoms with Gasteiger partial charge in [0.25, 0.3) is 0 Å². The van der Waals surface area contributed by atoms with Gasteiger partial charge in [-0.15, -0.1) is 0 Å². The highest BCUT2D eigenvalue weighted by Gasteiger charge is 2.90. The fraction of sp³-hybridized carbons (Fsp3) is 0.600. The van der Waals surface area contributed by atoms with Crippen LogP contribution in [0.1, 0.15) is 43.5 Å². The molecule has 2 spiro atoms. The summed E-state index contributed by atoms with van der Waals surface area (Å²) in [5.74, 6) is -1.25. The van der Waals surface area contributed by atoms with Crippen molar-refractivity contribution in [1.82, 2.24) is 4.90 Å². The number of hydrogen-bond acceptors (Lipinski definition) is 7. The zero-order valence-electron chi connectivity index (χ0n) is 21.1. The van der Waals surface area contributed by atoms with E-state index < -0.39 is 40.9 Å². The molecule has 0 N–H and O–H groups in total. The quantitative estimate of drug-likeness (QED) is 0.465. The number of Topliss-reactive ketones (excluding diaryl/α,β-unsaturated/α-hetero) is 2. The first-order valence-corrected chi connectivity index (χ1v) is 13.5. The molecule has 9 bridgehead atoms. The largest absolute Gasteiger partial charge is 0.457 e. The Labute approximate surface area is 215 Å². The van der Waals surface area contributed by atoms with Crippen molar-refractivity contribution in [3.63, 3.8) is 0 Å². The van der Waals surface area contributed by atoms with Crippen LogP contribution in [0.3, 0.4) is 0 Å². The molecule has 6 saturated carbocycles. The number of piperidine rings is 3. The van der Waals surface area contributed by atoms with Crippen LogP contribution in [0.2, 0.25) is 0 Å². The molecule has 3 heterocycles. The average molecular weight is 502 g/mol. The number of nitrogens with zero attached hydrogens (tertiary/aromatic N) is 1. The van der Waals surface area contributed by atoms with Gasteiger partial charge in [-0.2, -0.15) is 0 Å². The van der Waals surface area contributed by atoms with E-state index in [4.69, 9.17) is 9.47 Å². The lowest BCUT2D eigenvalue weighted by atomic mass is 9.35. The van der Waals surface area contributed by atoms with Crippen LogP contribution in [-0.2, 0) is 23.9 Å². The summed E-state index contributed by atoms with van der Waals surface area (Å²) in [4.78, 5) is 56.2. The molecule has 0 amide bonds. The second-order valence-electron chi connectivity index (χ2n) is 13.2. The number of carbonyl (C=O) groups is 4.